The highest BCUT2D eigenvalue weighted by Gasteiger charge is 1.95. The minimum Gasteiger partial charge on any atom is -0.554 e. The molecule has 0 aliphatic carbocycles. The summed E-state index contributed by atoms with van der Waals surface area (Å²) in [5.41, 5.74) is 5.86. The minimum absolute atomic E-state index is 0.883. The molecule has 0 saturated carbocycles. The lowest BCUT2D eigenvalue weighted by atomic mass is 10.3. The van der Waals surface area contributed by atoms with Crippen LogP contribution in [0.5, 0.6) is 0 Å². The number of rotatable bonds is 3. The summed E-state index contributed by atoms with van der Waals surface area (Å²) in [6.45, 7) is 0. The van der Waals surface area contributed by atoms with Crippen LogP contribution in [0, 0.1) is 0 Å². The Balaban J connectivity index is 2.81. The van der Waals surface area contributed by atoms with Gasteiger partial charge in [-0.3, -0.25) is 5.84 Å². The van der Waals surface area contributed by atoms with E-state index < -0.39 is 0 Å². The molecule has 0 bridgehead atoms. The van der Waals surface area contributed by atoms with Gasteiger partial charge in [0.2, 0.25) is 0 Å². The van der Waals surface area contributed by atoms with Gasteiger partial charge in [0.1, 0.15) is 0 Å². The molecule has 1 rings (SSSR count). The Morgan fingerprint density at radius 3 is 1.92 bits per heavy atom. The summed E-state index contributed by atoms with van der Waals surface area (Å²) >= 11 is 0. The number of hydrazine groups is 1. The molecule has 0 aliphatic heterocycles. The van der Waals surface area contributed by atoms with Crippen LogP contribution in [0.25, 0.3) is 5.43 Å². The number of hydrogen-bond donors (Lipinski definition) is 1. The average molecular weight is 179 g/mol. The summed E-state index contributed by atoms with van der Waals surface area (Å²) in [5, 5.41) is 1.35. The van der Waals surface area contributed by atoms with Crippen molar-refractivity contribution in [3.63, 3.8) is 0 Å². The second-order valence-corrected chi connectivity index (χ2v) is 2.96. The Morgan fingerprint density at radius 2 is 1.54 bits per heavy atom. The third kappa shape index (κ3) is 2.34. The van der Waals surface area contributed by atoms with Crippen LogP contribution in [0.1, 0.15) is 0 Å². The Labute approximate surface area is 78.9 Å². The van der Waals surface area contributed by atoms with Gasteiger partial charge in [0.15, 0.2) is 0 Å². The van der Waals surface area contributed by atoms with Crippen LogP contribution >= 0.6 is 0 Å². The van der Waals surface area contributed by atoms with Gasteiger partial charge < -0.3 is 15.4 Å². The van der Waals surface area contributed by atoms with Gasteiger partial charge >= 0.3 is 0 Å². The Kier molecular flexibility index (Phi) is 3.11. The first kappa shape index (κ1) is 9.83. The predicted molar refractivity (Wildman–Crippen MR) is 56.7 cm³/mol. The van der Waals surface area contributed by atoms with Crippen molar-refractivity contribution >= 4 is 11.4 Å². The van der Waals surface area contributed by atoms with Crippen LogP contribution in [0.15, 0.2) is 24.3 Å². The van der Waals surface area contributed by atoms with E-state index in [2.05, 4.69) is 5.43 Å². The Hall–Kier alpha value is -1.26. The normalized spacial score (nSPS) is 9.85. The molecule has 0 atom stereocenters. The van der Waals surface area contributed by atoms with Gasteiger partial charge in [0.05, 0.1) is 0 Å². The SMILES string of the molecule is C[N-]N(N)c1ccc(N(C)C)cc1. The van der Waals surface area contributed by atoms with E-state index in [0.29, 0.717) is 0 Å². The molecule has 2 N–H and O–H groups in total. The lowest BCUT2D eigenvalue weighted by Crippen LogP contribution is -2.24. The molecule has 4 nitrogen and oxygen atoms in total. The van der Waals surface area contributed by atoms with Gasteiger partial charge in [-0.15, -0.1) is 7.05 Å². The van der Waals surface area contributed by atoms with Crippen LogP contribution in [-0.4, -0.2) is 21.1 Å². The highest BCUT2D eigenvalue weighted by atomic mass is 15.7. The van der Waals surface area contributed by atoms with E-state index in [0.717, 1.165) is 11.4 Å². The fraction of sp³-hybridized carbons (Fsp3) is 0.333. The standard InChI is InChI=1S/C9H15N4/c1-11-13(10)9-6-4-8(5-7-9)12(2)3/h4-7H,10H2,1-3H3/q-1. The molecule has 0 amide bonds. The Bertz CT molecular complexity index is 255. The van der Waals surface area contributed by atoms with E-state index in [1.807, 2.05) is 43.3 Å². The van der Waals surface area contributed by atoms with Crippen molar-refractivity contribution in [3.8, 4) is 0 Å². The smallest absolute Gasteiger partial charge is 0.0362 e. The van der Waals surface area contributed by atoms with Gasteiger partial charge in [-0.2, -0.15) is 0 Å². The number of hydrogen-bond acceptors (Lipinski definition) is 3. The summed E-state index contributed by atoms with van der Waals surface area (Å²) in [4.78, 5) is 2.04. The van der Waals surface area contributed by atoms with Crippen molar-refractivity contribution in [2.45, 2.75) is 0 Å². The minimum atomic E-state index is 0.883. The summed E-state index contributed by atoms with van der Waals surface area (Å²) in [6, 6.07) is 7.87. The first-order valence-corrected chi connectivity index (χ1v) is 4.07. The van der Waals surface area contributed by atoms with Crippen LogP contribution < -0.4 is 15.9 Å². The molecule has 0 aromatic heterocycles. The lowest BCUT2D eigenvalue weighted by Gasteiger charge is -2.30. The van der Waals surface area contributed by atoms with Gasteiger partial charge in [-0.1, -0.05) is 0 Å². The zero-order valence-electron chi connectivity index (χ0n) is 8.23. The van der Waals surface area contributed by atoms with Gasteiger partial charge in [-0.05, 0) is 24.3 Å². The predicted octanol–water partition coefficient (Wildman–Crippen LogP) is 1.35. The second-order valence-electron chi connectivity index (χ2n) is 2.96. The lowest BCUT2D eigenvalue weighted by molar-refractivity contribution is 1.02. The molecule has 4 heteroatoms. The summed E-state index contributed by atoms with van der Waals surface area (Å²) < 4.78 is 0. The summed E-state index contributed by atoms with van der Waals surface area (Å²) in [7, 11) is 5.65. The summed E-state index contributed by atoms with van der Waals surface area (Å²) in [6.07, 6.45) is 0. The molecule has 1 aromatic rings. The van der Waals surface area contributed by atoms with Crippen molar-refractivity contribution in [1.29, 1.82) is 0 Å². The molecule has 1 aromatic carbocycles. The van der Waals surface area contributed by atoms with E-state index in [1.54, 1.807) is 7.05 Å². The number of nitrogens with two attached hydrogens (primary N) is 1. The van der Waals surface area contributed by atoms with Crippen molar-refractivity contribution in [2.75, 3.05) is 31.2 Å². The quantitative estimate of drug-likeness (QED) is 0.563. The van der Waals surface area contributed by atoms with Crippen LogP contribution in [-0.2, 0) is 0 Å². The first-order chi connectivity index (χ1) is 6.15. The highest BCUT2D eigenvalue weighted by molar-refractivity contribution is 5.55. The molecule has 0 heterocycles. The third-order valence-electron chi connectivity index (χ3n) is 1.85. The zero-order chi connectivity index (χ0) is 9.84. The largest absolute Gasteiger partial charge is 0.554 e. The number of anilines is 2. The molecule has 0 unspecified atom stereocenters. The molecule has 0 radical (unpaired) electrons. The van der Waals surface area contributed by atoms with E-state index in [-0.39, 0.29) is 0 Å². The summed E-state index contributed by atoms with van der Waals surface area (Å²) in [5.74, 6) is 5.57. The van der Waals surface area contributed by atoms with E-state index in [4.69, 9.17) is 5.84 Å². The Morgan fingerprint density at radius 1 is 1.08 bits per heavy atom. The van der Waals surface area contributed by atoms with Gasteiger partial charge in [0.25, 0.3) is 0 Å². The molecular formula is C9H15N4-. The molecule has 0 saturated heterocycles. The van der Waals surface area contributed by atoms with Crippen molar-refractivity contribution in [2.24, 2.45) is 5.84 Å². The fourth-order valence-corrected chi connectivity index (χ4v) is 1.02. The monoisotopic (exact) mass is 179 g/mol. The third-order valence-corrected chi connectivity index (χ3v) is 1.85. The molecule has 0 aliphatic rings. The molecule has 72 valence electrons. The fourth-order valence-electron chi connectivity index (χ4n) is 1.02. The van der Waals surface area contributed by atoms with E-state index in [1.165, 1.54) is 5.12 Å². The number of nitrogens with zero attached hydrogens (tertiary/aromatic N) is 3. The van der Waals surface area contributed by atoms with Crippen molar-refractivity contribution in [1.82, 2.24) is 0 Å². The van der Waals surface area contributed by atoms with Gasteiger partial charge in [-0.25, -0.2) is 0 Å². The molecule has 0 spiro atoms. The maximum absolute atomic E-state index is 5.57. The highest BCUT2D eigenvalue weighted by Crippen LogP contribution is 2.18. The van der Waals surface area contributed by atoms with E-state index >= 15 is 0 Å². The van der Waals surface area contributed by atoms with Crippen LogP contribution in [0.4, 0.5) is 11.4 Å². The second kappa shape index (κ2) is 4.11. The van der Waals surface area contributed by atoms with Crippen LogP contribution in [0.2, 0.25) is 0 Å². The first-order valence-electron chi connectivity index (χ1n) is 4.07. The molecule has 0 fully saturated rings. The van der Waals surface area contributed by atoms with E-state index in [9.17, 15) is 0 Å². The maximum Gasteiger partial charge on any atom is 0.0362 e. The molecule has 13 heavy (non-hydrogen) atoms. The van der Waals surface area contributed by atoms with Crippen molar-refractivity contribution in [3.05, 3.63) is 29.7 Å². The zero-order valence-corrected chi connectivity index (χ0v) is 8.23. The molecular weight excluding hydrogens is 164 g/mol. The number of benzene rings is 1. The topological polar surface area (TPSA) is 46.6 Å². The van der Waals surface area contributed by atoms with Gasteiger partial charge in [0, 0.05) is 25.5 Å². The van der Waals surface area contributed by atoms with Crippen molar-refractivity contribution < 1.29 is 0 Å². The maximum atomic E-state index is 5.57. The van der Waals surface area contributed by atoms with Crippen LogP contribution in [0.3, 0.4) is 0 Å². The average Bonchev–Trinajstić information content (AvgIpc) is 2.17.